The second-order valence-corrected chi connectivity index (χ2v) is 10.5. The topological polar surface area (TPSA) is 125 Å². The van der Waals surface area contributed by atoms with Crippen LogP contribution < -0.4 is 10.1 Å². The number of benzene rings is 3. The van der Waals surface area contributed by atoms with Gasteiger partial charge < -0.3 is 15.2 Å². The minimum Gasteiger partial charge on any atom is -0.481 e. The summed E-state index contributed by atoms with van der Waals surface area (Å²) in [6, 6.07) is 25.1. The van der Waals surface area contributed by atoms with Crippen LogP contribution >= 0.6 is 11.8 Å². The standard InChI is InChI=1S/C35H31N3O6S/c1-3-5-19-27(4-2)38-34(43)28(21-26-18-12-13-20-29(26)44-22-31(40)41)33(42)37-35(38)45-23-30(39)36-32(24-14-8-6-9-15-24)25-16-10-7-11-17-25/h3-21,32H,1,22-23H2,2H3,(H,36,39)(H,40,41)/b19-5-,27-4+,28-21+. The lowest BCUT2D eigenvalue weighted by Crippen LogP contribution is -2.42. The highest BCUT2D eigenvalue weighted by Gasteiger charge is 2.35. The van der Waals surface area contributed by atoms with Crippen LogP contribution in [-0.4, -0.2) is 51.2 Å². The molecule has 0 spiro atoms. The molecule has 0 atom stereocenters. The molecule has 1 heterocycles. The van der Waals surface area contributed by atoms with Crippen molar-refractivity contribution in [2.24, 2.45) is 4.99 Å². The van der Waals surface area contributed by atoms with E-state index in [9.17, 15) is 19.2 Å². The second kappa shape index (κ2) is 15.8. The quantitative estimate of drug-likeness (QED) is 0.155. The van der Waals surface area contributed by atoms with Gasteiger partial charge in [-0.15, -0.1) is 0 Å². The first kappa shape index (κ1) is 32.4. The molecule has 3 amide bonds. The summed E-state index contributed by atoms with van der Waals surface area (Å²) in [6.07, 6.45) is 7.81. The van der Waals surface area contributed by atoms with Crippen LogP contribution in [0.2, 0.25) is 0 Å². The summed E-state index contributed by atoms with van der Waals surface area (Å²) in [5, 5.41) is 12.1. The van der Waals surface area contributed by atoms with Crippen molar-refractivity contribution in [1.29, 1.82) is 0 Å². The van der Waals surface area contributed by atoms with Crippen molar-refractivity contribution in [2.75, 3.05) is 12.4 Å². The number of carbonyl (C=O) groups is 4. The van der Waals surface area contributed by atoms with E-state index in [2.05, 4.69) is 16.9 Å². The van der Waals surface area contributed by atoms with E-state index >= 15 is 0 Å². The highest BCUT2D eigenvalue weighted by Crippen LogP contribution is 2.29. The van der Waals surface area contributed by atoms with E-state index in [0.29, 0.717) is 11.3 Å². The van der Waals surface area contributed by atoms with Gasteiger partial charge in [-0.1, -0.05) is 115 Å². The molecule has 0 bridgehead atoms. The van der Waals surface area contributed by atoms with E-state index in [1.165, 1.54) is 17.0 Å². The molecule has 1 aliphatic heterocycles. The minimum atomic E-state index is -1.17. The molecule has 4 rings (SSSR count). The van der Waals surface area contributed by atoms with Crippen molar-refractivity contribution < 1.29 is 29.0 Å². The van der Waals surface area contributed by atoms with Crippen LogP contribution in [0.3, 0.4) is 0 Å². The molecule has 0 saturated heterocycles. The number of amidine groups is 1. The average molecular weight is 622 g/mol. The molecule has 3 aromatic rings. The number of hydrogen-bond acceptors (Lipinski definition) is 6. The van der Waals surface area contributed by atoms with Gasteiger partial charge in [0.2, 0.25) is 5.91 Å². The van der Waals surface area contributed by atoms with Gasteiger partial charge in [-0.25, -0.2) is 4.79 Å². The molecule has 0 radical (unpaired) electrons. The fourth-order valence-corrected chi connectivity index (χ4v) is 5.23. The zero-order valence-electron chi connectivity index (χ0n) is 24.5. The lowest BCUT2D eigenvalue weighted by Gasteiger charge is -2.28. The first-order valence-corrected chi connectivity index (χ1v) is 14.9. The number of aliphatic imine (C=N–C) groups is 1. The number of thioether (sulfide) groups is 1. The zero-order chi connectivity index (χ0) is 32.2. The molecule has 0 unspecified atom stereocenters. The maximum absolute atomic E-state index is 13.9. The van der Waals surface area contributed by atoms with E-state index < -0.39 is 30.4 Å². The van der Waals surface area contributed by atoms with Crippen LogP contribution in [0.25, 0.3) is 6.08 Å². The normalized spacial score (nSPS) is 14.5. The maximum Gasteiger partial charge on any atom is 0.341 e. The third-order valence-electron chi connectivity index (χ3n) is 6.48. The monoisotopic (exact) mass is 621 g/mol. The van der Waals surface area contributed by atoms with Gasteiger partial charge in [0.15, 0.2) is 11.8 Å². The summed E-state index contributed by atoms with van der Waals surface area (Å²) in [7, 11) is 0. The van der Waals surface area contributed by atoms with Gasteiger partial charge in [0.25, 0.3) is 11.8 Å². The largest absolute Gasteiger partial charge is 0.481 e. The van der Waals surface area contributed by atoms with Gasteiger partial charge in [-0.3, -0.25) is 19.3 Å². The third-order valence-corrected chi connectivity index (χ3v) is 7.42. The average Bonchev–Trinajstić information content (AvgIpc) is 3.06. The van der Waals surface area contributed by atoms with Crippen molar-refractivity contribution in [2.45, 2.75) is 13.0 Å². The lowest BCUT2D eigenvalue weighted by atomic mass is 9.99. The molecule has 1 aliphatic rings. The number of carboxylic acids is 1. The van der Waals surface area contributed by atoms with Crippen LogP contribution in [0.5, 0.6) is 5.75 Å². The van der Waals surface area contributed by atoms with E-state index in [1.54, 1.807) is 49.4 Å². The Hall–Kier alpha value is -5.48. The number of para-hydroxylation sites is 1. The molecule has 0 aliphatic carbocycles. The number of carboxylic acid groups (broad SMARTS) is 1. The molecule has 0 saturated carbocycles. The zero-order valence-corrected chi connectivity index (χ0v) is 25.3. The van der Waals surface area contributed by atoms with Gasteiger partial charge in [0.1, 0.15) is 11.3 Å². The Morgan fingerprint density at radius 1 is 1.00 bits per heavy atom. The van der Waals surface area contributed by atoms with Gasteiger partial charge in [-0.05, 0) is 36.3 Å². The molecule has 45 heavy (non-hydrogen) atoms. The predicted molar refractivity (Wildman–Crippen MR) is 175 cm³/mol. The fourth-order valence-electron chi connectivity index (χ4n) is 4.42. The number of hydrogen-bond donors (Lipinski definition) is 2. The Morgan fingerprint density at radius 3 is 2.22 bits per heavy atom. The molecule has 0 aromatic heterocycles. The van der Waals surface area contributed by atoms with Crippen molar-refractivity contribution in [3.05, 3.63) is 144 Å². The van der Waals surface area contributed by atoms with Crippen LogP contribution in [0.4, 0.5) is 0 Å². The molecule has 9 nitrogen and oxygen atoms in total. The van der Waals surface area contributed by atoms with Gasteiger partial charge >= 0.3 is 5.97 Å². The van der Waals surface area contributed by atoms with Gasteiger partial charge in [0.05, 0.1) is 11.8 Å². The first-order valence-electron chi connectivity index (χ1n) is 13.9. The number of aliphatic carboxylic acids is 1. The van der Waals surface area contributed by atoms with E-state index in [1.807, 2.05) is 60.7 Å². The molecule has 10 heteroatoms. The van der Waals surface area contributed by atoms with E-state index in [-0.39, 0.29) is 28.2 Å². The molecule has 2 N–H and O–H groups in total. The fraction of sp³-hybridized carbons (Fsp3) is 0.114. The first-order chi connectivity index (χ1) is 21.8. The molecule has 3 aromatic carbocycles. The SMILES string of the molecule is C=C/C=C\C(=C/C)N1C(=O)/C(=C/c2ccccc2OCC(=O)O)C(=O)N=C1SCC(=O)NC(c1ccccc1)c1ccccc1. The highest BCUT2D eigenvalue weighted by molar-refractivity contribution is 8.14. The molecular weight excluding hydrogens is 590 g/mol. The number of nitrogens with zero attached hydrogens (tertiary/aromatic N) is 2. The highest BCUT2D eigenvalue weighted by atomic mass is 32.2. The number of carbonyl (C=O) groups excluding carboxylic acids is 3. The molecular formula is C35H31N3O6S. The van der Waals surface area contributed by atoms with E-state index in [4.69, 9.17) is 9.84 Å². The number of ether oxygens (including phenoxy) is 1. The Bertz CT molecular complexity index is 1660. The smallest absolute Gasteiger partial charge is 0.341 e. The van der Waals surface area contributed by atoms with Gasteiger partial charge in [0, 0.05) is 11.3 Å². The number of nitrogens with one attached hydrogen (secondary N) is 1. The second-order valence-electron chi connectivity index (χ2n) is 9.54. The molecule has 228 valence electrons. The summed E-state index contributed by atoms with van der Waals surface area (Å²) in [4.78, 5) is 56.9. The summed E-state index contributed by atoms with van der Waals surface area (Å²) in [6.45, 7) is 4.81. The van der Waals surface area contributed by atoms with Crippen molar-refractivity contribution in [3.8, 4) is 5.75 Å². The number of amides is 3. The Morgan fingerprint density at radius 2 is 1.62 bits per heavy atom. The minimum absolute atomic E-state index is 0.0329. The molecule has 0 fully saturated rings. The Kier molecular flexibility index (Phi) is 11.4. The van der Waals surface area contributed by atoms with Crippen molar-refractivity contribution >= 4 is 46.7 Å². The third kappa shape index (κ3) is 8.55. The Labute approximate surface area is 265 Å². The van der Waals surface area contributed by atoms with Gasteiger partial charge in [-0.2, -0.15) is 4.99 Å². The predicted octanol–water partition coefficient (Wildman–Crippen LogP) is 5.54. The van der Waals surface area contributed by atoms with Crippen LogP contribution in [0.1, 0.15) is 29.7 Å². The summed E-state index contributed by atoms with van der Waals surface area (Å²) in [5.41, 5.74) is 2.29. The Balaban J connectivity index is 1.63. The lowest BCUT2D eigenvalue weighted by molar-refractivity contribution is -0.139. The maximum atomic E-state index is 13.9. The number of allylic oxidation sites excluding steroid dienone is 4. The van der Waals surface area contributed by atoms with Crippen LogP contribution in [0, 0.1) is 0 Å². The summed E-state index contributed by atoms with van der Waals surface area (Å²) >= 11 is 0.958. The van der Waals surface area contributed by atoms with Crippen LogP contribution in [-0.2, 0) is 19.2 Å². The van der Waals surface area contributed by atoms with Crippen molar-refractivity contribution in [1.82, 2.24) is 10.2 Å². The van der Waals surface area contributed by atoms with E-state index in [0.717, 1.165) is 22.9 Å². The number of rotatable bonds is 12. The van der Waals surface area contributed by atoms with Crippen LogP contribution in [0.15, 0.2) is 132 Å². The van der Waals surface area contributed by atoms with Crippen molar-refractivity contribution in [3.63, 3.8) is 0 Å². The summed E-state index contributed by atoms with van der Waals surface area (Å²) in [5.74, 6) is -2.91. The summed E-state index contributed by atoms with van der Waals surface area (Å²) < 4.78 is 5.34.